The lowest BCUT2D eigenvalue weighted by atomic mass is 9.98. The van der Waals surface area contributed by atoms with Crippen LogP contribution >= 0.6 is 0 Å². The van der Waals surface area contributed by atoms with Crippen molar-refractivity contribution in [2.75, 3.05) is 48.0 Å². The number of rotatable bonds is 2. The van der Waals surface area contributed by atoms with Crippen LogP contribution in [0.4, 0.5) is 0 Å². The van der Waals surface area contributed by atoms with Crippen LogP contribution in [0.15, 0.2) is 18.2 Å². The molecule has 9 nitrogen and oxygen atoms in total. The summed E-state index contributed by atoms with van der Waals surface area (Å²) in [7, 11) is 6.62. The summed E-state index contributed by atoms with van der Waals surface area (Å²) < 4.78 is 23.6. The first-order valence-electron chi connectivity index (χ1n) is 11.7. The number of carbonyl (C=O) groups excluding carboxylic acids is 2. The number of carbonyl (C=O) groups is 2. The summed E-state index contributed by atoms with van der Waals surface area (Å²) in [4.78, 5) is 29.7. The van der Waals surface area contributed by atoms with E-state index >= 15 is 0 Å². The van der Waals surface area contributed by atoms with E-state index in [0.717, 1.165) is 12.8 Å². The van der Waals surface area contributed by atoms with Gasteiger partial charge in [0, 0.05) is 41.4 Å². The third-order valence-electron chi connectivity index (χ3n) is 6.81. The zero-order chi connectivity index (χ0) is 24.8. The molecule has 0 spiro atoms. The van der Waals surface area contributed by atoms with Gasteiger partial charge in [-0.15, -0.1) is 0 Å². The maximum absolute atomic E-state index is 13.4. The molecule has 2 aliphatic rings. The van der Waals surface area contributed by atoms with Gasteiger partial charge in [-0.05, 0) is 37.5 Å². The van der Waals surface area contributed by atoms with E-state index in [4.69, 9.17) is 18.9 Å². The Bertz CT molecular complexity index is 916. The number of likely N-dealkylation sites (N-methyl/N-ethyl adjacent to an activating group) is 1. The molecule has 2 aliphatic heterocycles. The zero-order valence-electron chi connectivity index (χ0n) is 20.7. The van der Waals surface area contributed by atoms with Gasteiger partial charge in [-0.3, -0.25) is 9.59 Å². The van der Waals surface area contributed by atoms with Gasteiger partial charge in [0.15, 0.2) is 0 Å². The number of nitrogens with zero attached hydrogens (tertiary/aromatic N) is 3. The number of amides is 2. The predicted molar refractivity (Wildman–Crippen MR) is 125 cm³/mol. The number of benzene rings is 1. The second kappa shape index (κ2) is 11.6. The minimum absolute atomic E-state index is 0.0233. The monoisotopic (exact) mass is 473 g/mol. The smallest absolute Gasteiger partial charge is 0.257 e. The largest absolute Gasteiger partial charge is 0.490 e. The van der Waals surface area contributed by atoms with Crippen molar-refractivity contribution in [3.63, 3.8) is 0 Å². The Morgan fingerprint density at radius 3 is 2.47 bits per heavy atom. The Balaban J connectivity index is 1.96. The Hall–Kier alpha value is -2.67. The maximum Gasteiger partial charge on any atom is 0.257 e. The molecular weight excluding hydrogens is 438 g/mol. The molecule has 186 valence electrons. The highest BCUT2D eigenvalue weighted by Crippen LogP contribution is 2.28. The maximum atomic E-state index is 13.4. The SMILES string of the molecule is CO[C@H]1CN(C)C(=O)c2cc(C#N)ccc2OC[C@H]2O[C@H](CC[C@H]2OC)CCN(C)C(=O)[C@H]1C. The lowest BCUT2D eigenvalue weighted by molar-refractivity contribution is -0.147. The normalized spacial score (nSPS) is 29.2. The molecule has 3 rings (SSSR count). The van der Waals surface area contributed by atoms with Crippen LogP contribution in [0.1, 0.15) is 42.1 Å². The molecular formula is C25H35N3O6. The molecule has 9 heteroatoms. The van der Waals surface area contributed by atoms with Crippen LogP contribution in [0.2, 0.25) is 0 Å². The molecule has 34 heavy (non-hydrogen) atoms. The highest BCUT2D eigenvalue weighted by atomic mass is 16.6. The molecule has 0 aliphatic carbocycles. The molecule has 1 fully saturated rings. The summed E-state index contributed by atoms with van der Waals surface area (Å²) in [5.41, 5.74) is 0.636. The first kappa shape index (κ1) is 25.9. The summed E-state index contributed by atoms with van der Waals surface area (Å²) in [5, 5.41) is 9.36. The zero-order valence-corrected chi connectivity index (χ0v) is 20.7. The number of nitriles is 1. The lowest BCUT2D eigenvalue weighted by Gasteiger charge is -2.37. The van der Waals surface area contributed by atoms with E-state index in [2.05, 4.69) is 6.07 Å². The van der Waals surface area contributed by atoms with Crippen LogP contribution in [-0.2, 0) is 19.0 Å². The molecule has 2 amide bonds. The Morgan fingerprint density at radius 1 is 1.06 bits per heavy atom. The van der Waals surface area contributed by atoms with Gasteiger partial charge in [0.2, 0.25) is 5.91 Å². The first-order valence-corrected chi connectivity index (χ1v) is 11.7. The van der Waals surface area contributed by atoms with Gasteiger partial charge in [-0.1, -0.05) is 6.92 Å². The summed E-state index contributed by atoms with van der Waals surface area (Å²) in [5.74, 6) is -0.434. The standard InChI is InChI=1S/C25H35N3O6/c1-16-22(32-5)14-28(3)25(30)19-12-17(13-26)6-8-20(19)33-15-23-21(31-4)9-7-18(34-23)10-11-27(2)24(16)29/h6,8,12,16,18,21-23H,7,9-11,14-15H2,1-5H3/t16-,18+,21+,22-,23+/m0/s1. The van der Waals surface area contributed by atoms with Crippen molar-refractivity contribution < 1.29 is 28.5 Å². The van der Waals surface area contributed by atoms with Crippen molar-refractivity contribution >= 4 is 11.8 Å². The Labute approximate surface area is 201 Å². The highest BCUT2D eigenvalue weighted by molar-refractivity contribution is 5.97. The van der Waals surface area contributed by atoms with Gasteiger partial charge in [-0.2, -0.15) is 5.26 Å². The number of hydrogen-bond donors (Lipinski definition) is 0. The van der Waals surface area contributed by atoms with E-state index in [1.165, 1.54) is 18.1 Å². The summed E-state index contributed by atoms with van der Waals surface area (Å²) in [6.07, 6.45) is 1.40. The first-order chi connectivity index (χ1) is 16.3. The molecule has 1 aromatic rings. The van der Waals surface area contributed by atoms with Crippen molar-refractivity contribution in [2.45, 2.75) is 50.6 Å². The predicted octanol–water partition coefficient (Wildman–Crippen LogP) is 2.08. The molecule has 2 bridgehead atoms. The fourth-order valence-corrected chi connectivity index (χ4v) is 4.58. The van der Waals surface area contributed by atoms with E-state index in [1.54, 1.807) is 38.2 Å². The van der Waals surface area contributed by atoms with Crippen LogP contribution in [0.25, 0.3) is 0 Å². The average Bonchev–Trinajstić information content (AvgIpc) is 2.86. The second-order valence-electron chi connectivity index (χ2n) is 9.08. The molecule has 5 atom stereocenters. The molecule has 0 unspecified atom stereocenters. The van der Waals surface area contributed by atoms with E-state index in [0.29, 0.717) is 24.3 Å². The van der Waals surface area contributed by atoms with Crippen molar-refractivity contribution in [3.05, 3.63) is 29.3 Å². The van der Waals surface area contributed by atoms with Gasteiger partial charge in [-0.25, -0.2) is 0 Å². The Morgan fingerprint density at radius 2 is 1.79 bits per heavy atom. The summed E-state index contributed by atoms with van der Waals surface area (Å²) >= 11 is 0. The quantitative estimate of drug-likeness (QED) is 0.648. The fraction of sp³-hybridized carbons (Fsp3) is 0.640. The van der Waals surface area contributed by atoms with Crippen LogP contribution in [-0.4, -0.2) is 94.0 Å². The van der Waals surface area contributed by atoms with Crippen molar-refractivity contribution in [1.82, 2.24) is 9.80 Å². The fourth-order valence-electron chi connectivity index (χ4n) is 4.58. The minimum atomic E-state index is -0.488. The molecule has 2 heterocycles. The van der Waals surface area contributed by atoms with Gasteiger partial charge in [0.25, 0.3) is 5.91 Å². The van der Waals surface area contributed by atoms with Gasteiger partial charge in [0.05, 0.1) is 41.4 Å². The molecule has 0 N–H and O–H groups in total. The number of hydrogen-bond acceptors (Lipinski definition) is 7. The Kier molecular flexibility index (Phi) is 8.89. The summed E-state index contributed by atoms with van der Waals surface area (Å²) in [6.45, 7) is 2.80. The number of fused-ring (bicyclic) bond motifs is 3. The average molecular weight is 474 g/mol. The van der Waals surface area contributed by atoms with Crippen molar-refractivity contribution in [3.8, 4) is 11.8 Å². The topological polar surface area (TPSA) is 101 Å². The number of methoxy groups -OCH3 is 2. The van der Waals surface area contributed by atoms with E-state index < -0.39 is 12.0 Å². The molecule has 0 saturated carbocycles. The second-order valence-corrected chi connectivity index (χ2v) is 9.08. The molecule has 1 saturated heterocycles. The van der Waals surface area contributed by atoms with E-state index in [1.807, 2.05) is 6.92 Å². The molecule has 0 aromatic heterocycles. The van der Waals surface area contributed by atoms with Crippen molar-refractivity contribution in [1.29, 1.82) is 5.26 Å². The van der Waals surface area contributed by atoms with Crippen molar-refractivity contribution in [2.24, 2.45) is 5.92 Å². The van der Waals surface area contributed by atoms with Crippen LogP contribution < -0.4 is 4.74 Å². The number of ether oxygens (including phenoxy) is 4. The van der Waals surface area contributed by atoms with Gasteiger partial charge in [0.1, 0.15) is 18.5 Å². The third kappa shape index (κ3) is 5.87. The summed E-state index contributed by atoms with van der Waals surface area (Å²) in [6, 6.07) is 6.86. The van der Waals surface area contributed by atoms with Gasteiger partial charge >= 0.3 is 0 Å². The molecule has 1 aromatic carbocycles. The van der Waals surface area contributed by atoms with Gasteiger partial charge < -0.3 is 28.7 Å². The lowest BCUT2D eigenvalue weighted by Crippen LogP contribution is -2.47. The molecule has 0 radical (unpaired) electrons. The van der Waals surface area contributed by atoms with Crippen LogP contribution in [0.3, 0.4) is 0 Å². The van der Waals surface area contributed by atoms with E-state index in [9.17, 15) is 14.9 Å². The van der Waals surface area contributed by atoms with Crippen LogP contribution in [0.5, 0.6) is 5.75 Å². The highest BCUT2D eigenvalue weighted by Gasteiger charge is 2.34. The van der Waals surface area contributed by atoms with Crippen LogP contribution in [0, 0.1) is 17.2 Å². The van der Waals surface area contributed by atoms with E-state index in [-0.39, 0.29) is 48.8 Å². The third-order valence-corrected chi connectivity index (χ3v) is 6.81. The minimum Gasteiger partial charge on any atom is -0.490 e.